The van der Waals surface area contributed by atoms with Gasteiger partial charge in [0.2, 0.25) is 5.95 Å². The number of hydrogen-bond acceptors (Lipinski definition) is 6. The molecule has 0 saturated carbocycles. The molecule has 0 atom stereocenters. The molecule has 3 aromatic heterocycles. The van der Waals surface area contributed by atoms with Crippen LogP contribution in [0.5, 0.6) is 0 Å². The molecule has 0 spiro atoms. The summed E-state index contributed by atoms with van der Waals surface area (Å²) in [6.45, 7) is 0. The third-order valence-electron chi connectivity index (χ3n) is 3.22. The molecule has 0 saturated heterocycles. The predicted octanol–water partition coefficient (Wildman–Crippen LogP) is 2.52. The van der Waals surface area contributed by atoms with Crippen LogP contribution in [0.1, 0.15) is 10.4 Å². The van der Waals surface area contributed by atoms with Crippen LogP contribution in [0.2, 0.25) is 0 Å². The Hall–Kier alpha value is -3.13. The number of imidazole rings is 1. The molecule has 1 N–H and O–H groups in total. The van der Waals surface area contributed by atoms with Crippen molar-refractivity contribution in [2.24, 2.45) is 0 Å². The van der Waals surface area contributed by atoms with Gasteiger partial charge in [0.25, 0.3) is 5.91 Å². The van der Waals surface area contributed by atoms with E-state index >= 15 is 0 Å². The second-order valence-electron chi connectivity index (χ2n) is 4.73. The maximum atomic E-state index is 12.3. The number of amides is 1. The van der Waals surface area contributed by atoms with Gasteiger partial charge < -0.3 is 5.32 Å². The summed E-state index contributed by atoms with van der Waals surface area (Å²) in [5, 5.41) is 2.78. The van der Waals surface area contributed by atoms with Gasteiger partial charge in [-0.3, -0.25) is 9.36 Å². The van der Waals surface area contributed by atoms with Crippen molar-refractivity contribution in [2.45, 2.75) is 0 Å². The molecule has 0 unspecified atom stereocenters. The fourth-order valence-electron chi connectivity index (χ4n) is 2.10. The van der Waals surface area contributed by atoms with E-state index in [2.05, 4.69) is 25.3 Å². The number of carbonyl (C=O) groups excluding carboxylic acids is 1. The molecule has 23 heavy (non-hydrogen) atoms. The maximum absolute atomic E-state index is 12.3. The monoisotopic (exact) mass is 322 g/mol. The Balaban J connectivity index is 1.53. The van der Waals surface area contributed by atoms with Gasteiger partial charge in [0.05, 0.1) is 33.8 Å². The van der Waals surface area contributed by atoms with E-state index in [1.165, 1.54) is 11.3 Å². The van der Waals surface area contributed by atoms with E-state index in [1.807, 2.05) is 12.1 Å². The van der Waals surface area contributed by atoms with Crippen molar-refractivity contribution in [3.63, 3.8) is 0 Å². The molecule has 0 radical (unpaired) electrons. The maximum Gasteiger partial charge on any atom is 0.255 e. The minimum absolute atomic E-state index is 0.209. The lowest BCUT2D eigenvalue weighted by molar-refractivity contribution is 0.102. The van der Waals surface area contributed by atoms with Crippen LogP contribution in [0.4, 0.5) is 5.69 Å². The number of fused-ring (bicyclic) bond motifs is 1. The summed E-state index contributed by atoms with van der Waals surface area (Å²) < 4.78 is 2.66. The number of aromatic nitrogens is 5. The van der Waals surface area contributed by atoms with Gasteiger partial charge in [0, 0.05) is 18.0 Å². The smallest absolute Gasteiger partial charge is 0.255 e. The Morgan fingerprint density at radius 2 is 2.04 bits per heavy atom. The van der Waals surface area contributed by atoms with Crippen LogP contribution in [0.3, 0.4) is 0 Å². The van der Waals surface area contributed by atoms with Gasteiger partial charge in [-0.15, -0.1) is 11.3 Å². The first-order chi connectivity index (χ1) is 11.3. The molecule has 1 amide bonds. The zero-order valence-electron chi connectivity index (χ0n) is 11.7. The number of carbonyl (C=O) groups is 1. The number of nitrogens with one attached hydrogen (secondary N) is 1. The van der Waals surface area contributed by atoms with E-state index in [-0.39, 0.29) is 5.91 Å². The summed E-state index contributed by atoms with van der Waals surface area (Å²) >= 11 is 1.50. The highest BCUT2D eigenvalue weighted by Gasteiger charge is 2.09. The zero-order chi connectivity index (χ0) is 15.6. The Kier molecular flexibility index (Phi) is 3.28. The van der Waals surface area contributed by atoms with Crippen LogP contribution < -0.4 is 5.32 Å². The molecule has 4 rings (SSSR count). The summed E-state index contributed by atoms with van der Waals surface area (Å²) in [4.78, 5) is 28.8. The Labute approximate surface area is 134 Å². The molecule has 0 aliphatic carbocycles. The summed E-state index contributed by atoms with van der Waals surface area (Å²) in [6.07, 6.45) is 8.13. The van der Waals surface area contributed by atoms with Gasteiger partial charge in [0.15, 0.2) is 0 Å². The van der Waals surface area contributed by atoms with Crippen molar-refractivity contribution in [3.8, 4) is 5.95 Å². The molecule has 112 valence electrons. The van der Waals surface area contributed by atoms with E-state index in [4.69, 9.17) is 0 Å². The largest absolute Gasteiger partial charge is 0.319 e. The molecule has 3 heterocycles. The van der Waals surface area contributed by atoms with Gasteiger partial charge in [0.1, 0.15) is 6.33 Å². The van der Waals surface area contributed by atoms with Gasteiger partial charge in [-0.25, -0.2) is 19.9 Å². The van der Waals surface area contributed by atoms with Crippen LogP contribution in [-0.2, 0) is 0 Å². The normalized spacial score (nSPS) is 10.8. The first-order valence-electron chi connectivity index (χ1n) is 6.74. The number of rotatable bonds is 3. The van der Waals surface area contributed by atoms with Crippen LogP contribution in [0.15, 0.2) is 54.8 Å². The first kappa shape index (κ1) is 13.5. The van der Waals surface area contributed by atoms with Crippen LogP contribution in [0.25, 0.3) is 16.2 Å². The molecule has 0 fully saturated rings. The van der Waals surface area contributed by atoms with Gasteiger partial charge >= 0.3 is 0 Å². The van der Waals surface area contributed by atoms with E-state index in [1.54, 1.807) is 47.3 Å². The third kappa shape index (κ3) is 2.67. The molecule has 0 aliphatic heterocycles. The number of anilines is 1. The molecule has 8 heteroatoms. The molecular weight excluding hydrogens is 312 g/mol. The van der Waals surface area contributed by atoms with Crippen molar-refractivity contribution in [3.05, 3.63) is 60.4 Å². The molecule has 1 aromatic carbocycles. The third-order valence-corrected chi connectivity index (χ3v) is 4.02. The zero-order valence-corrected chi connectivity index (χ0v) is 12.6. The quantitative estimate of drug-likeness (QED) is 0.626. The first-order valence-corrected chi connectivity index (χ1v) is 7.62. The highest BCUT2D eigenvalue weighted by molar-refractivity contribution is 7.16. The van der Waals surface area contributed by atoms with Crippen LogP contribution in [0, 0.1) is 0 Å². The van der Waals surface area contributed by atoms with E-state index in [0.29, 0.717) is 17.2 Å². The summed E-state index contributed by atoms with van der Waals surface area (Å²) in [7, 11) is 0. The number of benzene rings is 1. The topological polar surface area (TPSA) is 85.6 Å². The van der Waals surface area contributed by atoms with Crippen molar-refractivity contribution in [1.82, 2.24) is 24.5 Å². The summed E-state index contributed by atoms with van der Waals surface area (Å²) in [5.74, 6) is 0.283. The SMILES string of the molecule is O=C(Nc1cnc(-n2ccnc2)nc1)c1ccc2ncsc2c1. The second-order valence-corrected chi connectivity index (χ2v) is 5.62. The molecule has 0 aliphatic rings. The minimum atomic E-state index is -0.209. The minimum Gasteiger partial charge on any atom is -0.319 e. The van der Waals surface area contributed by atoms with Crippen molar-refractivity contribution >= 4 is 33.1 Å². The van der Waals surface area contributed by atoms with Gasteiger partial charge in [-0.1, -0.05) is 0 Å². The van der Waals surface area contributed by atoms with Crippen molar-refractivity contribution < 1.29 is 4.79 Å². The van der Waals surface area contributed by atoms with Gasteiger partial charge in [-0.05, 0) is 18.2 Å². The molecule has 0 bridgehead atoms. The van der Waals surface area contributed by atoms with E-state index in [0.717, 1.165) is 10.2 Å². The fraction of sp³-hybridized carbons (Fsp3) is 0. The standard InChI is InChI=1S/C15H10N6OS/c22-14(10-1-2-12-13(5-10)23-9-19-12)20-11-6-17-15(18-7-11)21-4-3-16-8-21/h1-9H,(H,20,22). The highest BCUT2D eigenvalue weighted by Crippen LogP contribution is 2.19. The predicted molar refractivity (Wildman–Crippen MR) is 86.7 cm³/mol. The Bertz CT molecular complexity index is 961. The van der Waals surface area contributed by atoms with E-state index < -0.39 is 0 Å². The lowest BCUT2D eigenvalue weighted by Gasteiger charge is -2.05. The number of nitrogens with zero attached hydrogens (tertiary/aromatic N) is 5. The fourth-order valence-corrected chi connectivity index (χ4v) is 2.81. The van der Waals surface area contributed by atoms with Crippen molar-refractivity contribution in [1.29, 1.82) is 0 Å². The second kappa shape index (κ2) is 5.58. The average Bonchev–Trinajstić information content (AvgIpc) is 3.26. The summed E-state index contributed by atoms with van der Waals surface area (Å²) in [6, 6.07) is 5.40. The lowest BCUT2D eigenvalue weighted by Crippen LogP contribution is -2.12. The van der Waals surface area contributed by atoms with Crippen molar-refractivity contribution in [2.75, 3.05) is 5.32 Å². The van der Waals surface area contributed by atoms with Crippen LogP contribution >= 0.6 is 11.3 Å². The number of thiazole rings is 1. The summed E-state index contributed by atoms with van der Waals surface area (Å²) in [5.41, 5.74) is 3.75. The van der Waals surface area contributed by atoms with Gasteiger partial charge in [-0.2, -0.15) is 0 Å². The Morgan fingerprint density at radius 3 is 2.83 bits per heavy atom. The highest BCUT2D eigenvalue weighted by atomic mass is 32.1. The Morgan fingerprint density at radius 1 is 1.17 bits per heavy atom. The average molecular weight is 322 g/mol. The molecular formula is C15H10N6OS. The van der Waals surface area contributed by atoms with E-state index in [9.17, 15) is 4.79 Å². The molecule has 4 aromatic rings. The van der Waals surface area contributed by atoms with Crippen LogP contribution in [-0.4, -0.2) is 30.4 Å². The lowest BCUT2D eigenvalue weighted by atomic mass is 10.2. The number of hydrogen-bond donors (Lipinski definition) is 1. The molecule has 7 nitrogen and oxygen atoms in total.